The first-order chi connectivity index (χ1) is 41.2. The summed E-state index contributed by atoms with van der Waals surface area (Å²) in [6.07, 6.45) is 0. The minimum Gasteiger partial charge on any atom is -0.457 e. The normalized spacial score (nSPS) is 13.0. The van der Waals surface area contributed by atoms with Crippen molar-refractivity contribution in [3.05, 3.63) is 297 Å². The van der Waals surface area contributed by atoms with Gasteiger partial charge < -0.3 is 29.2 Å². The third-order valence-corrected chi connectivity index (χ3v) is 18.2. The standard InChI is InChI=1S/C74H49B2N5OS/c1-8-26-50(27-9-1)77(51-28-10-2-11-29-51)57-44-66-71-67(45-57)80(55-36-18-6-19-37-55)64-49-65-62(48-61(64)75(71)60-41-23-24-42-63(60)79(66)54-34-16-5-17-35-54)76-72-68(81(65)56-38-20-7-21-39-56)46-58(78(52-30-12-3-13-31-52)53-32-14-4-15-33-53)47-69(72)82-73-59-40-22-25-43-70(59)83-74(73)76/h1-49H. The number of hydrogen-bond donors (Lipinski definition) is 0. The van der Waals surface area contributed by atoms with Crippen LogP contribution in [0.15, 0.2) is 297 Å². The van der Waals surface area contributed by atoms with Gasteiger partial charge >= 0.3 is 0 Å². The van der Waals surface area contributed by atoms with Gasteiger partial charge in [-0.2, -0.15) is 0 Å². The zero-order valence-corrected chi connectivity index (χ0v) is 45.8. The quantitative estimate of drug-likeness (QED) is 0.134. The molecule has 0 spiro atoms. The summed E-state index contributed by atoms with van der Waals surface area (Å²) in [6, 6.07) is 108. The first-order valence-electron chi connectivity index (χ1n) is 28.4. The van der Waals surface area contributed by atoms with E-state index in [0.29, 0.717) is 0 Å². The lowest BCUT2D eigenvalue weighted by Crippen LogP contribution is -2.64. The molecule has 0 aliphatic carbocycles. The Morgan fingerprint density at radius 3 is 1.20 bits per heavy atom. The molecule has 4 aliphatic rings. The molecule has 0 unspecified atom stereocenters. The van der Waals surface area contributed by atoms with Crippen LogP contribution in [0.25, 0.3) is 10.1 Å². The minimum absolute atomic E-state index is 0.146. The zero-order chi connectivity index (χ0) is 54.5. The summed E-state index contributed by atoms with van der Waals surface area (Å²) in [5, 5.41) is 1.13. The molecule has 13 aromatic rings. The highest BCUT2D eigenvalue weighted by Crippen LogP contribution is 2.52. The van der Waals surface area contributed by atoms with E-state index >= 15 is 0 Å². The van der Waals surface area contributed by atoms with Crippen LogP contribution in [-0.4, -0.2) is 13.4 Å². The molecule has 5 heterocycles. The van der Waals surface area contributed by atoms with Crippen molar-refractivity contribution < 1.29 is 4.74 Å². The lowest BCUT2D eigenvalue weighted by molar-refractivity contribution is 0.495. The molecule has 0 amide bonds. The number of para-hydroxylation sites is 8. The van der Waals surface area contributed by atoms with E-state index in [2.05, 4.69) is 322 Å². The van der Waals surface area contributed by atoms with Crippen molar-refractivity contribution in [3.8, 4) is 11.5 Å². The second-order valence-corrected chi connectivity index (χ2v) is 22.7. The van der Waals surface area contributed by atoms with E-state index in [0.717, 1.165) is 108 Å². The van der Waals surface area contributed by atoms with Gasteiger partial charge in [0.15, 0.2) is 0 Å². The van der Waals surface area contributed by atoms with E-state index in [4.69, 9.17) is 4.74 Å². The summed E-state index contributed by atoms with van der Waals surface area (Å²) in [6.45, 7) is -0.302. The van der Waals surface area contributed by atoms with E-state index < -0.39 is 0 Å². The Bertz CT molecular complexity index is 4550. The molecule has 12 aromatic carbocycles. The summed E-state index contributed by atoms with van der Waals surface area (Å²) in [4.78, 5) is 12.3. The fourth-order valence-electron chi connectivity index (χ4n) is 13.6. The van der Waals surface area contributed by atoms with Crippen molar-refractivity contribution in [1.82, 2.24) is 0 Å². The van der Waals surface area contributed by atoms with Gasteiger partial charge in [0.25, 0.3) is 13.4 Å². The number of benzene rings is 12. The SMILES string of the molecule is c1ccc(N(c2ccccc2)c2cc3c4c(c2)N(c2ccccc2)c2cc5c(cc2B4c2sc4ccccc4c2O3)B2c3ccccc3N(c3ccccc3)c3cc(N(c4ccccc4)c4ccccc4)cc(c32)N5c2ccccc2)cc1. The Balaban J connectivity index is 0.989. The number of fused-ring (bicyclic) bond motifs is 10. The van der Waals surface area contributed by atoms with Gasteiger partial charge in [0.05, 0.1) is 11.4 Å². The Labute approximate surface area is 487 Å². The van der Waals surface area contributed by atoms with E-state index in [1.54, 1.807) is 0 Å². The summed E-state index contributed by atoms with van der Waals surface area (Å²) in [5.41, 5.74) is 22.5. The molecule has 0 atom stereocenters. The van der Waals surface area contributed by atoms with Crippen LogP contribution in [0.1, 0.15) is 0 Å². The van der Waals surface area contributed by atoms with Gasteiger partial charge in [-0.1, -0.05) is 164 Å². The van der Waals surface area contributed by atoms with Crippen molar-refractivity contribution in [2.45, 2.75) is 0 Å². The summed E-state index contributed by atoms with van der Waals surface area (Å²) >= 11 is 1.86. The van der Waals surface area contributed by atoms with Crippen molar-refractivity contribution in [1.29, 1.82) is 0 Å². The maximum atomic E-state index is 7.47. The maximum Gasteiger partial charge on any atom is 0.268 e. The molecule has 1 aromatic heterocycles. The molecule has 6 nitrogen and oxygen atoms in total. The summed E-state index contributed by atoms with van der Waals surface area (Å²) < 4.78 is 9.90. The third-order valence-electron chi connectivity index (χ3n) is 17.0. The van der Waals surface area contributed by atoms with Gasteiger partial charge in [0, 0.05) is 94.9 Å². The number of thiophene rings is 1. The summed E-state index contributed by atoms with van der Waals surface area (Å²) in [7, 11) is 0. The highest BCUT2D eigenvalue weighted by molar-refractivity contribution is 7.33. The number of hydrogen-bond acceptors (Lipinski definition) is 7. The molecule has 0 bridgehead atoms. The number of anilines is 15. The molecule has 0 radical (unpaired) electrons. The van der Waals surface area contributed by atoms with Gasteiger partial charge in [-0.3, -0.25) is 0 Å². The highest BCUT2D eigenvalue weighted by atomic mass is 32.1. The number of rotatable bonds is 9. The van der Waals surface area contributed by atoms with E-state index in [-0.39, 0.29) is 13.4 Å². The van der Waals surface area contributed by atoms with Crippen LogP contribution >= 0.6 is 11.3 Å². The Hall–Kier alpha value is -10.5. The average molecular weight is 1080 g/mol. The Morgan fingerprint density at radius 2 is 0.699 bits per heavy atom. The molecular formula is C74H49B2N5OS. The van der Waals surface area contributed by atoms with Crippen LogP contribution in [0.5, 0.6) is 11.5 Å². The maximum absolute atomic E-state index is 7.47. The fraction of sp³-hybridized carbons (Fsp3) is 0. The topological polar surface area (TPSA) is 25.4 Å². The van der Waals surface area contributed by atoms with Crippen molar-refractivity contribution >= 4 is 152 Å². The second kappa shape index (κ2) is 19.1. The van der Waals surface area contributed by atoms with Gasteiger partial charge in [-0.15, -0.1) is 11.3 Å². The van der Waals surface area contributed by atoms with Crippen LogP contribution in [0.2, 0.25) is 0 Å². The van der Waals surface area contributed by atoms with Crippen LogP contribution < -0.4 is 61.3 Å². The molecule has 9 heteroatoms. The third kappa shape index (κ3) is 7.44. The van der Waals surface area contributed by atoms with Gasteiger partial charge in [0.2, 0.25) is 0 Å². The Morgan fingerprint density at radius 1 is 0.301 bits per heavy atom. The highest BCUT2D eigenvalue weighted by Gasteiger charge is 2.49. The van der Waals surface area contributed by atoms with Crippen molar-refractivity contribution in [2.24, 2.45) is 0 Å². The van der Waals surface area contributed by atoms with E-state index in [1.165, 1.54) is 31.3 Å². The predicted octanol–water partition coefficient (Wildman–Crippen LogP) is 16.3. The first kappa shape index (κ1) is 47.3. The molecule has 0 N–H and O–H groups in total. The van der Waals surface area contributed by atoms with E-state index in [9.17, 15) is 0 Å². The molecule has 17 rings (SSSR count). The van der Waals surface area contributed by atoms with Gasteiger partial charge in [-0.25, -0.2) is 0 Å². The largest absolute Gasteiger partial charge is 0.457 e. The average Bonchev–Trinajstić information content (AvgIpc) is 1.63. The molecule has 83 heavy (non-hydrogen) atoms. The first-order valence-corrected chi connectivity index (χ1v) is 29.2. The van der Waals surface area contributed by atoms with E-state index in [1.807, 2.05) is 11.3 Å². The molecule has 0 saturated carbocycles. The summed E-state index contributed by atoms with van der Waals surface area (Å²) in [5.74, 6) is 1.79. The molecular weight excluding hydrogens is 1030 g/mol. The second-order valence-electron chi connectivity index (χ2n) is 21.6. The lowest BCUT2D eigenvalue weighted by Gasteiger charge is -2.46. The van der Waals surface area contributed by atoms with Crippen LogP contribution in [0.3, 0.4) is 0 Å². The van der Waals surface area contributed by atoms with Gasteiger partial charge in [0.1, 0.15) is 11.5 Å². The zero-order valence-electron chi connectivity index (χ0n) is 45.0. The smallest absolute Gasteiger partial charge is 0.268 e. The lowest BCUT2D eigenvalue weighted by atomic mass is 9.31. The monoisotopic (exact) mass is 1080 g/mol. The van der Waals surface area contributed by atoms with Gasteiger partial charge in [-0.05, 0) is 155 Å². The van der Waals surface area contributed by atoms with Crippen LogP contribution in [0.4, 0.5) is 85.3 Å². The molecule has 0 fully saturated rings. The van der Waals surface area contributed by atoms with Crippen LogP contribution in [-0.2, 0) is 0 Å². The molecule has 4 aliphatic heterocycles. The molecule has 388 valence electrons. The number of ether oxygens (including phenoxy) is 1. The van der Waals surface area contributed by atoms with Crippen molar-refractivity contribution in [2.75, 3.05) is 24.5 Å². The predicted molar refractivity (Wildman–Crippen MR) is 351 cm³/mol. The van der Waals surface area contributed by atoms with Crippen molar-refractivity contribution in [3.63, 3.8) is 0 Å². The molecule has 0 saturated heterocycles. The fourth-order valence-corrected chi connectivity index (χ4v) is 14.9. The number of nitrogens with zero attached hydrogens (tertiary/aromatic N) is 5. The Kier molecular flexibility index (Phi) is 10.9. The van der Waals surface area contributed by atoms with Crippen LogP contribution in [0, 0.1) is 0 Å². The minimum atomic E-state index is -0.157.